The van der Waals surface area contributed by atoms with E-state index < -0.39 is 9.84 Å². The lowest BCUT2D eigenvalue weighted by molar-refractivity contribution is 0.599. The molecule has 0 aromatic heterocycles. The van der Waals surface area contributed by atoms with Crippen LogP contribution >= 0.6 is 22.6 Å². The number of allylic oxidation sites excluding steroid dienone is 1. The van der Waals surface area contributed by atoms with Gasteiger partial charge in [0.1, 0.15) is 0 Å². The highest BCUT2D eigenvalue weighted by Crippen LogP contribution is 2.22. The minimum absolute atomic E-state index is 0.300. The lowest BCUT2D eigenvalue weighted by atomic mass is 10.2. The van der Waals surface area contributed by atoms with Crippen LogP contribution in [0, 0.1) is 0 Å². The SMILES string of the molecule is C=C=C(CCCCI)S(=O)(=O)c1ccccc1. The molecule has 0 aliphatic rings. The van der Waals surface area contributed by atoms with Gasteiger partial charge in [0, 0.05) is 0 Å². The fraction of sp³-hybridized carbons (Fsp3) is 0.308. The van der Waals surface area contributed by atoms with Gasteiger partial charge in [-0.2, -0.15) is 0 Å². The van der Waals surface area contributed by atoms with Gasteiger partial charge in [-0.25, -0.2) is 8.42 Å². The molecular weight excluding hydrogens is 347 g/mol. The van der Waals surface area contributed by atoms with E-state index in [1.807, 2.05) is 0 Å². The van der Waals surface area contributed by atoms with Crippen LogP contribution in [-0.4, -0.2) is 12.8 Å². The van der Waals surface area contributed by atoms with Crippen molar-refractivity contribution >= 4 is 32.4 Å². The Balaban J connectivity index is 2.93. The normalized spacial score (nSPS) is 10.9. The summed E-state index contributed by atoms with van der Waals surface area (Å²) in [4.78, 5) is 0.620. The van der Waals surface area contributed by atoms with Crippen molar-refractivity contribution in [1.29, 1.82) is 0 Å². The largest absolute Gasteiger partial charge is 0.218 e. The number of rotatable bonds is 6. The summed E-state index contributed by atoms with van der Waals surface area (Å²) >= 11 is 2.28. The summed E-state index contributed by atoms with van der Waals surface area (Å²) in [5, 5.41) is 0. The Labute approximate surface area is 116 Å². The second kappa shape index (κ2) is 6.99. The molecule has 0 amide bonds. The third-order valence-corrected chi connectivity index (χ3v) is 5.02. The van der Waals surface area contributed by atoms with Crippen molar-refractivity contribution in [1.82, 2.24) is 0 Å². The molecule has 0 radical (unpaired) electrons. The Morgan fingerprint density at radius 3 is 2.41 bits per heavy atom. The maximum absolute atomic E-state index is 12.2. The molecule has 0 N–H and O–H groups in total. The fourth-order valence-corrected chi connectivity index (χ4v) is 3.38. The lowest BCUT2D eigenvalue weighted by Gasteiger charge is -2.06. The summed E-state index contributed by atoms with van der Waals surface area (Å²) in [6, 6.07) is 8.44. The third-order valence-electron chi connectivity index (χ3n) is 2.36. The summed E-state index contributed by atoms with van der Waals surface area (Å²) < 4.78 is 25.5. The Morgan fingerprint density at radius 2 is 1.88 bits per heavy atom. The summed E-state index contributed by atoms with van der Waals surface area (Å²) in [6.07, 6.45) is 2.38. The number of hydrogen-bond acceptors (Lipinski definition) is 2. The lowest BCUT2D eigenvalue weighted by Crippen LogP contribution is -2.04. The highest BCUT2D eigenvalue weighted by Gasteiger charge is 2.19. The number of hydrogen-bond donors (Lipinski definition) is 0. The molecule has 0 spiro atoms. The molecule has 0 aliphatic heterocycles. The molecule has 0 aliphatic carbocycles. The van der Waals surface area contributed by atoms with E-state index in [0.29, 0.717) is 16.2 Å². The molecule has 17 heavy (non-hydrogen) atoms. The van der Waals surface area contributed by atoms with Crippen molar-refractivity contribution < 1.29 is 8.42 Å². The van der Waals surface area contributed by atoms with Gasteiger partial charge >= 0.3 is 0 Å². The van der Waals surface area contributed by atoms with E-state index in [-0.39, 0.29) is 0 Å². The van der Waals surface area contributed by atoms with Crippen molar-refractivity contribution in [3.05, 3.63) is 47.5 Å². The number of halogens is 1. The molecule has 2 nitrogen and oxygen atoms in total. The Bertz CT molecular complexity index is 499. The standard InChI is InChI=1S/C13H15IO2S/c1-2-12(8-6-7-11-14)17(15,16)13-9-4-3-5-10-13/h3-5,9-10H,1,6-8,11H2. The maximum atomic E-state index is 12.2. The number of unbranched alkanes of at least 4 members (excludes halogenated alkanes) is 1. The smallest absolute Gasteiger partial charge is 0.209 e. The Morgan fingerprint density at radius 1 is 1.24 bits per heavy atom. The predicted octanol–water partition coefficient (Wildman–Crippen LogP) is 3.73. The zero-order chi connectivity index (χ0) is 12.7. The zero-order valence-electron chi connectivity index (χ0n) is 9.52. The van der Waals surface area contributed by atoms with E-state index in [2.05, 4.69) is 34.9 Å². The molecular formula is C13H15IO2S. The summed E-state index contributed by atoms with van der Waals surface area (Å²) in [5.41, 5.74) is 2.58. The van der Waals surface area contributed by atoms with Gasteiger partial charge in [-0.05, 0) is 35.8 Å². The van der Waals surface area contributed by atoms with Gasteiger partial charge in [0.05, 0.1) is 9.80 Å². The summed E-state index contributed by atoms with van der Waals surface area (Å²) in [5.74, 6) is 0. The zero-order valence-corrected chi connectivity index (χ0v) is 12.5. The number of alkyl halides is 1. The highest BCUT2D eigenvalue weighted by atomic mass is 127. The van der Waals surface area contributed by atoms with Crippen molar-refractivity contribution in [2.75, 3.05) is 4.43 Å². The first kappa shape index (κ1) is 14.5. The van der Waals surface area contributed by atoms with Gasteiger partial charge in [0.15, 0.2) is 0 Å². The van der Waals surface area contributed by atoms with E-state index in [0.717, 1.165) is 17.3 Å². The molecule has 0 unspecified atom stereocenters. The quantitative estimate of drug-likeness (QED) is 0.334. The summed E-state index contributed by atoms with van der Waals surface area (Å²) in [7, 11) is -3.39. The minimum atomic E-state index is -3.39. The van der Waals surface area contributed by atoms with Crippen LogP contribution in [-0.2, 0) is 9.84 Å². The van der Waals surface area contributed by atoms with Crippen molar-refractivity contribution in [2.45, 2.75) is 24.2 Å². The van der Waals surface area contributed by atoms with Crippen molar-refractivity contribution in [3.8, 4) is 0 Å². The molecule has 4 heteroatoms. The van der Waals surface area contributed by atoms with Crippen LogP contribution in [0.4, 0.5) is 0 Å². The van der Waals surface area contributed by atoms with Gasteiger partial charge in [0.25, 0.3) is 0 Å². The van der Waals surface area contributed by atoms with Crippen LogP contribution < -0.4 is 0 Å². The van der Waals surface area contributed by atoms with Gasteiger partial charge in [-0.1, -0.05) is 47.4 Å². The maximum Gasteiger partial charge on any atom is 0.209 e. The van der Waals surface area contributed by atoms with Crippen molar-refractivity contribution in [3.63, 3.8) is 0 Å². The molecule has 92 valence electrons. The average Bonchev–Trinajstić information content (AvgIpc) is 2.35. The van der Waals surface area contributed by atoms with Gasteiger partial charge in [-0.15, -0.1) is 5.73 Å². The first-order valence-electron chi connectivity index (χ1n) is 5.38. The molecule has 0 bridgehead atoms. The van der Waals surface area contributed by atoms with Gasteiger partial charge < -0.3 is 0 Å². The minimum Gasteiger partial charge on any atom is -0.218 e. The van der Waals surface area contributed by atoms with Crippen LogP contribution in [0.25, 0.3) is 0 Å². The number of benzene rings is 1. The second-order valence-corrected chi connectivity index (χ2v) is 6.61. The van der Waals surface area contributed by atoms with E-state index in [9.17, 15) is 8.42 Å². The molecule has 0 heterocycles. The third kappa shape index (κ3) is 3.98. The molecule has 1 rings (SSSR count). The molecule has 1 aromatic carbocycles. The van der Waals surface area contributed by atoms with Crippen LogP contribution in [0.3, 0.4) is 0 Å². The van der Waals surface area contributed by atoms with Crippen LogP contribution in [0.5, 0.6) is 0 Å². The average molecular weight is 362 g/mol. The molecule has 0 saturated heterocycles. The number of sulfone groups is 1. The second-order valence-electron chi connectivity index (χ2n) is 3.56. The first-order chi connectivity index (χ1) is 8.12. The monoisotopic (exact) mass is 362 g/mol. The first-order valence-corrected chi connectivity index (χ1v) is 8.39. The fourth-order valence-electron chi connectivity index (χ4n) is 1.44. The Kier molecular flexibility index (Phi) is 5.95. The topological polar surface area (TPSA) is 34.1 Å². The van der Waals surface area contributed by atoms with E-state index >= 15 is 0 Å². The van der Waals surface area contributed by atoms with Gasteiger partial charge in [0.2, 0.25) is 9.84 Å². The Hall–Kier alpha value is -0.580. The molecule has 0 atom stereocenters. The van der Waals surface area contributed by atoms with E-state index in [4.69, 9.17) is 0 Å². The highest BCUT2D eigenvalue weighted by molar-refractivity contribution is 14.1. The van der Waals surface area contributed by atoms with Crippen molar-refractivity contribution in [2.24, 2.45) is 0 Å². The van der Waals surface area contributed by atoms with Crippen LogP contribution in [0.1, 0.15) is 19.3 Å². The summed E-state index contributed by atoms with van der Waals surface area (Å²) in [6.45, 7) is 3.49. The van der Waals surface area contributed by atoms with Crippen LogP contribution in [0.15, 0.2) is 52.4 Å². The van der Waals surface area contributed by atoms with E-state index in [1.54, 1.807) is 30.3 Å². The van der Waals surface area contributed by atoms with Crippen LogP contribution in [0.2, 0.25) is 0 Å². The molecule has 1 aromatic rings. The van der Waals surface area contributed by atoms with E-state index in [1.165, 1.54) is 0 Å². The predicted molar refractivity (Wildman–Crippen MR) is 79.0 cm³/mol. The molecule has 0 fully saturated rings. The molecule has 0 saturated carbocycles. The van der Waals surface area contributed by atoms with Gasteiger partial charge in [-0.3, -0.25) is 0 Å².